The largest absolute Gasteiger partial charge is 0.357 e. The number of halogens is 2. The zero-order valence-corrected chi connectivity index (χ0v) is 7.96. The Bertz CT molecular complexity index is 371. The van der Waals surface area contributed by atoms with Gasteiger partial charge in [-0.3, -0.25) is 0 Å². The van der Waals surface area contributed by atoms with Gasteiger partial charge in [-0.15, -0.1) is 0 Å². The first-order valence-corrected chi connectivity index (χ1v) is 4.13. The second-order valence-electron chi connectivity index (χ2n) is 3.01. The Morgan fingerprint density at radius 3 is 2.64 bits per heavy atom. The Kier molecular flexibility index (Phi) is 3.03. The topological polar surface area (TPSA) is 27.0 Å². The monoisotopic (exact) mass is 196 g/mol. The van der Waals surface area contributed by atoms with Gasteiger partial charge in [0.15, 0.2) is 0 Å². The second kappa shape index (κ2) is 4.05. The van der Waals surface area contributed by atoms with Gasteiger partial charge >= 0.3 is 0 Å². The molecule has 1 aromatic rings. The molecule has 14 heavy (non-hydrogen) atoms. The highest BCUT2D eigenvalue weighted by Gasteiger charge is 2.13. The smallest absolute Gasteiger partial charge is 0.146 e. The van der Waals surface area contributed by atoms with Crippen molar-refractivity contribution in [2.24, 2.45) is 0 Å². The van der Waals surface area contributed by atoms with E-state index < -0.39 is 17.7 Å². The molecule has 0 aliphatic carbocycles. The van der Waals surface area contributed by atoms with Crippen molar-refractivity contribution in [1.82, 2.24) is 0 Å². The minimum atomic E-state index is -0.531. The molecule has 0 aliphatic rings. The molecule has 1 atom stereocenters. The molecule has 0 aromatic heterocycles. The molecule has 4 heteroatoms. The van der Waals surface area contributed by atoms with Crippen LogP contribution >= 0.6 is 0 Å². The average Bonchev–Trinajstić information content (AvgIpc) is 2.19. The highest BCUT2D eigenvalue weighted by molar-refractivity contribution is 5.49. The molecule has 0 N–H and O–H groups in total. The fourth-order valence-corrected chi connectivity index (χ4v) is 1.05. The third-order valence-electron chi connectivity index (χ3n) is 2.06. The second-order valence-corrected chi connectivity index (χ2v) is 3.01. The van der Waals surface area contributed by atoms with E-state index in [4.69, 9.17) is 5.26 Å². The summed E-state index contributed by atoms with van der Waals surface area (Å²) in [5.74, 6) is -1.05. The lowest BCUT2D eigenvalue weighted by molar-refractivity contribution is 0.594. The summed E-state index contributed by atoms with van der Waals surface area (Å²) in [6.45, 7) is 1.62. The molecule has 1 unspecified atom stereocenters. The SMILES string of the molecule is CC(C#N)N(C)c1cc(F)ccc1F. The molecule has 0 amide bonds. The van der Waals surface area contributed by atoms with Crippen LogP contribution in [0.25, 0.3) is 0 Å². The van der Waals surface area contributed by atoms with Crippen molar-refractivity contribution in [2.45, 2.75) is 13.0 Å². The zero-order chi connectivity index (χ0) is 10.7. The van der Waals surface area contributed by atoms with Gasteiger partial charge in [-0.25, -0.2) is 8.78 Å². The number of rotatable bonds is 2. The molecule has 0 bridgehead atoms. The summed E-state index contributed by atoms with van der Waals surface area (Å²) in [5, 5.41) is 8.62. The summed E-state index contributed by atoms with van der Waals surface area (Å²) in [7, 11) is 1.55. The van der Waals surface area contributed by atoms with Crippen molar-refractivity contribution in [3.8, 4) is 6.07 Å². The first-order valence-electron chi connectivity index (χ1n) is 4.13. The van der Waals surface area contributed by atoms with Crippen LogP contribution < -0.4 is 4.90 Å². The van der Waals surface area contributed by atoms with Gasteiger partial charge in [0.05, 0.1) is 11.8 Å². The van der Waals surface area contributed by atoms with Crippen LogP contribution in [0.5, 0.6) is 0 Å². The number of hydrogen-bond acceptors (Lipinski definition) is 2. The predicted octanol–water partition coefficient (Wildman–Crippen LogP) is 2.31. The van der Waals surface area contributed by atoms with Crippen LogP contribution in [-0.4, -0.2) is 13.1 Å². The lowest BCUT2D eigenvalue weighted by Gasteiger charge is -2.21. The van der Waals surface area contributed by atoms with Crippen molar-refractivity contribution in [3.05, 3.63) is 29.8 Å². The summed E-state index contributed by atoms with van der Waals surface area (Å²) in [5.41, 5.74) is 0.0963. The summed E-state index contributed by atoms with van der Waals surface area (Å²) >= 11 is 0. The van der Waals surface area contributed by atoms with Crippen LogP contribution in [0.2, 0.25) is 0 Å². The summed E-state index contributed by atoms with van der Waals surface area (Å²) in [6, 6.07) is 4.62. The lowest BCUT2D eigenvalue weighted by atomic mass is 10.2. The van der Waals surface area contributed by atoms with Crippen molar-refractivity contribution in [2.75, 3.05) is 11.9 Å². The summed E-state index contributed by atoms with van der Waals surface area (Å²) < 4.78 is 26.0. The highest BCUT2D eigenvalue weighted by atomic mass is 19.1. The predicted molar refractivity (Wildman–Crippen MR) is 49.8 cm³/mol. The van der Waals surface area contributed by atoms with Crippen LogP contribution in [0.3, 0.4) is 0 Å². The lowest BCUT2D eigenvalue weighted by Crippen LogP contribution is -2.28. The number of nitrogens with zero attached hydrogens (tertiary/aromatic N) is 2. The Labute approximate surface area is 81.4 Å². The Hall–Kier alpha value is -1.63. The molecule has 0 saturated heterocycles. The quantitative estimate of drug-likeness (QED) is 0.725. The summed E-state index contributed by atoms with van der Waals surface area (Å²) in [4.78, 5) is 1.39. The van der Waals surface area contributed by atoms with Crippen LogP contribution in [0, 0.1) is 23.0 Å². The maximum absolute atomic E-state index is 13.2. The van der Waals surface area contributed by atoms with Crippen molar-refractivity contribution < 1.29 is 8.78 Å². The Balaban J connectivity index is 3.07. The van der Waals surface area contributed by atoms with Gasteiger partial charge in [0, 0.05) is 13.1 Å². The van der Waals surface area contributed by atoms with E-state index in [0.717, 1.165) is 18.2 Å². The van der Waals surface area contributed by atoms with Crippen LogP contribution in [0.4, 0.5) is 14.5 Å². The molecular weight excluding hydrogens is 186 g/mol. The van der Waals surface area contributed by atoms with Gasteiger partial charge in [0.1, 0.15) is 17.7 Å². The van der Waals surface area contributed by atoms with Crippen molar-refractivity contribution in [3.63, 3.8) is 0 Å². The maximum atomic E-state index is 13.2. The minimum absolute atomic E-state index is 0.0963. The fraction of sp³-hybridized carbons (Fsp3) is 0.300. The third-order valence-corrected chi connectivity index (χ3v) is 2.06. The zero-order valence-electron chi connectivity index (χ0n) is 7.96. The van der Waals surface area contributed by atoms with E-state index in [9.17, 15) is 8.78 Å². The number of anilines is 1. The van der Waals surface area contributed by atoms with E-state index in [0.29, 0.717) is 0 Å². The molecule has 0 radical (unpaired) electrons. The number of nitriles is 1. The Morgan fingerprint density at radius 2 is 2.07 bits per heavy atom. The Morgan fingerprint density at radius 1 is 1.43 bits per heavy atom. The minimum Gasteiger partial charge on any atom is -0.357 e. The molecule has 74 valence electrons. The van der Waals surface area contributed by atoms with Crippen LogP contribution in [-0.2, 0) is 0 Å². The molecule has 0 fully saturated rings. The van der Waals surface area contributed by atoms with E-state index in [2.05, 4.69) is 0 Å². The maximum Gasteiger partial charge on any atom is 0.146 e. The van der Waals surface area contributed by atoms with Crippen molar-refractivity contribution >= 4 is 5.69 Å². The van der Waals surface area contributed by atoms with Crippen LogP contribution in [0.1, 0.15) is 6.92 Å². The highest BCUT2D eigenvalue weighted by Crippen LogP contribution is 2.20. The molecule has 0 heterocycles. The van der Waals surface area contributed by atoms with E-state index in [-0.39, 0.29) is 5.69 Å². The number of hydrogen-bond donors (Lipinski definition) is 0. The van der Waals surface area contributed by atoms with Gasteiger partial charge in [-0.1, -0.05) is 0 Å². The van der Waals surface area contributed by atoms with Crippen molar-refractivity contribution in [1.29, 1.82) is 5.26 Å². The first kappa shape index (κ1) is 10.5. The normalized spacial score (nSPS) is 11.9. The number of benzene rings is 1. The molecule has 0 aliphatic heterocycles. The third kappa shape index (κ3) is 1.99. The standard InChI is InChI=1S/C10H10F2N2/c1-7(6-13)14(2)10-5-8(11)3-4-9(10)12/h3-5,7H,1-2H3. The molecule has 0 saturated carbocycles. The first-order chi connectivity index (χ1) is 6.56. The van der Waals surface area contributed by atoms with Gasteiger partial charge in [-0.2, -0.15) is 5.26 Å². The molecule has 2 nitrogen and oxygen atoms in total. The molecule has 1 aromatic carbocycles. The summed E-state index contributed by atoms with van der Waals surface area (Å²) in [6.07, 6.45) is 0. The van der Waals surface area contributed by atoms with Gasteiger partial charge < -0.3 is 4.90 Å². The molecule has 1 rings (SSSR count). The fourth-order valence-electron chi connectivity index (χ4n) is 1.05. The van der Waals surface area contributed by atoms with Gasteiger partial charge in [0.25, 0.3) is 0 Å². The van der Waals surface area contributed by atoms with E-state index in [1.54, 1.807) is 14.0 Å². The molecular formula is C10H10F2N2. The average molecular weight is 196 g/mol. The van der Waals surface area contributed by atoms with E-state index >= 15 is 0 Å². The van der Waals surface area contributed by atoms with Gasteiger partial charge in [0.2, 0.25) is 0 Å². The molecule has 0 spiro atoms. The van der Waals surface area contributed by atoms with E-state index in [1.807, 2.05) is 6.07 Å². The van der Waals surface area contributed by atoms with Gasteiger partial charge in [-0.05, 0) is 19.1 Å². The van der Waals surface area contributed by atoms with Crippen LogP contribution in [0.15, 0.2) is 18.2 Å². The van der Waals surface area contributed by atoms with E-state index in [1.165, 1.54) is 4.90 Å².